The zero-order valence-corrected chi connectivity index (χ0v) is 28.7. The van der Waals surface area contributed by atoms with Gasteiger partial charge in [-0.2, -0.15) is 0 Å². The van der Waals surface area contributed by atoms with E-state index >= 15 is 0 Å². The molecule has 2 aliphatic rings. The van der Waals surface area contributed by atoms with Crippen LogP contribution >= 0.6 is 23.2 Å². The fourth-order valence-corrected chi connectivity index (χ4v) is 6.11. The minimum atomic E-state index is -1.14. The van der Waals surface area contributed by atoms with E-state index in [1.807, 2.05) is 51.1 Å². The molecule has 2 heterocycles. The summed E-state index contributed by atoms with van der Waals surface area (Å²) in [6, 6.07) is 13.0. The Labute approximate surface area is 285 Å². The maximum absolute atomic E-state index is 13.5. The summed E-state index contributed by atoms with van der Waals surface area (Å²) < 4.78 is 22.9. The van der Waals surface area contributed by atoms with Gasteiger partial charge in [-0.3, -0.25) is 14.4 Å². The summed E-state index contributed by atoms with van der Waals surface area (Å²) in [5.74, 6) is -3.04. The number of rotatable bonds is 8. The molecule has 1 fully saturated rings. The molecule has 2 aromatic rings. The first-order valence-electron chi connectivity index (χ1n) is 15.7. The number of epoxide rings is 1. The Bertz CT molecular complexity index is 1500. The maximum Gasteiger partial charge on any atom is 0.347 e. The number of ether oxygens (including phenoxy) is 4. The fraction of sp³-hybridized carbons (Fsp3) is 0.444. The van der Waals surface area contributed by atoms with Crippen LogP contribution in [0.1, 0.15) is 57.8 Å². The fourth-order valence-electron chi connectivity index (χ4n) is 5.43. The van der Waals surface area contributed by atoms with E-state index in [1.165, 1.54) is 19.3 Å². The van der Waals surface area contributed by atoms with Gasteiger partial charge < -0.3 is 24.3 Å². The van der Waals surface area contributed by atoms with Crippen LogP contribution < -0.4 is 10.1 Å². The topological polar surface area (TPSA) is 121 Å². The quantitative estimate of drug-likeness (QED) is 0.250. The predicted octanol–water partition coefficient (Wildman–Crippen LogP) is 6.40. The van der Waals surface area contributed by atoms with Crippen molar-refractivity contribution < 1.29 is 38.1 Å². The normalized spacial score (nSPS) is 26.8. The van der Waals surface area contributed by atoms with Crippen molar-refractivity contribution in [1.82, 2.24) is 5.32 Å². The van der Waals surface area contributed by atoms with Gasteiger partial charge in [0.2, 0.25) is 5.91 Å². The minimum Gasteiger partial charge on any atom is -0.494 e. The molecule has 2 aliphatic heterocycles. The number of halogens is 2. The van der Waals surface area contributed by atoms with E-state index in [2.05, 4.69) is 5.32 Å². The monoisotopic (exact) mass is 685 g/mol. The minimum absolute atomic E-state index is 0.0243. The Morgan fingerprint density at radius 2 is 1.66 bits per heavy atom. The van der Waals surface area contributed by atoms with Crippen LogP contribution in [0.15, 0.2) is 66.3 Å². The van der Waals surface area contributed by atoms with E-state index in [-0.39, 0.29) is 65.5 Å². The third-order valence-electron chi connectivity index (χ3n) is 8.12. The van der Waals surface area contributed by atoms with Gasteiger partial charge in [-0.25, -0.2) is 4.79 Å². The summed E-state index contributed by atoms with van der Waals surface area (Å²) >= 11 is 12.6. The van der Waals surface area contributed by atoms with Gasteiger partial charge in [-0.1, -0.05) is 87.3 Å². The highest BCUT2D eigenvalue weighted by molar-refractivity contribution is 6.37. The molecular formula is C36H41Cl2NO8. The van der Waals surface area contributed by atoms with Crippen molar-refractivity contribution in [1.29, 1.82) is 0 Å². The molecule has 0 spiro atoms. The smallest absolute Gasteiger partial charge is 0.347 e. The molecule has 0 aromatic heterocycles. The van der Waals surface area contributed by atoms with Crippen LogP contribution in [-0.2, 0) is 39.8 Å². The standard InChI is InChI=1S/C36H41Cl2NO8/c1-20(2)14-30-36(43)45-29(22(4)31-32(47-31)24-10-7-6-8-11-24)13-9-12-26(40)18-25(34(41)39-19-21(3)35(42)46-30)15-23-16-27(37)33(44-5)28(38)17-23/h6-12,16-18,20-22,29-32H,13-15,19H2,1-5H3,(H,39,41)/b12-9+,25-18+/t21-,22+,29?,30+,31?,32?/m1/s1. The number of carbonyl (C=O) groups excluding carboxylic acids is 4. The summed E-state index contributed by atoms with van der Waals surface area (Å²) in [4.78, 5) is 53.1. The molecule has 47 heavy (non-hydrogen) atoms. The third kappa shape index (κ3) is 9.92. The van der Waals surface area contributed by atoms with Crippen LogP contribution in [0.5, 0.6) is 5.75 Å². The van der Waals surface area contributed by atoms with Crippen molar-refractivity contribution in [3.63, 3.8) is 0 Å². The number of methoxy groups -OCH3 is 1. The van der Waals surface area contributed by atoms with Crippen LogP contribution in [0.25, 0.3) is 0 Å². The number of hydrogen-bond acceptors (Lipinski definition) is 8. The zero-order valence-electron chi connectivity index (χ0n) is 27.2. The van der Waals surface area contributed by atoms with Gasteiger partial charge in [0.05, 0.1) is 29.2 Å². The van der Waals surface area contributed by atoms with Crippen molar-refractivity contribution >= 4 is 46.8 Å². The summed E-state index contributed by atoms with van der Waals surface area (Å²) in [5, 5.41) is 3.22. The summed E-state index contributed by atoms with van der Waals surface area (Å²) in [5.41, 5.74) is 1.73. The number of allylic oxidation sites excluding steroid dienone is 2. The lowest BCUT2D eigenvalue weighted by atomic mass is 9.93. The summed E-state index contributed by atoms with van der Waals surface area (Å²) in [7, 11) is 1.44. The number of benzene rings is 2. The molecule has 1 saturated heterocycles. The molecule has 9 nitrogen and oxygen atoms in total. The summed E-state index contributed by atoms with van der Waals surface area (Å²) in [6.07, 6.45) is 2.48. The number of ketones is 1. The van der Waals surface area contributed by atoms with Gasteiger partial charge in [0.15, 0.2) is 17.6 Å². The molecule has 0 radical (unpaired) electrons. The second kappa shape index (κ2) is 16.4. The first kappa shape index (κ1) is 36.2. The molecular weight excluding hydrogens is 645 g/mol. The molecule has 252 valence electrons. The van der Waals surface area contributed by atoms with Gasteiger partial charge in [0.1, 0.15) is 12.2 Å². The lowest BCUT2D eigenvalue weighted by molar-refractivity contribution is -0.176. The maximum atomic E-state index is 13.5. The van der Waals surface area contributed by atoms with Crippen molar-refractivity contribution in [2.45, 2.75) is 71.4 Å². The van der Waals surface area contributed by atoms with E-state index in [0.29, 0.717) is 11.3 Å². The third-order valence-corrected chi connectivity index (χ3v) is 8.68. The number of amides is 1. The molecule has 11 heteroatoms. The number of nitrogens with one attached hydrogen (secondary N) is 1. The van der Waals surface area contributed by atoms with Crippen molar-refractivity contribution in [2.24, 2.45) is 17.8 Å². The van der Waals surface area contributed by atoms with Gasteiger partial charge in [0.25, 0.3) is 0 Å². The SMILES string of the molecule is COc1c(Cl)cc(C/C2=C\C(=O)/C=C/CC([C@H](C)C3OC3c3ccccc3)OC(=O)[C@H](CC(C)C)OC(=O)[C@H](C)CNC2=O)cc1Cl. The number of carbonyl (C=O) groups is 4. The largest absolute Gasteiger partial charge is 0.494 e. The Balaban J connectivity index is 1.63. The van der Waals surface area contributed by atoms with E-state index in [4.69, 9.17) is 42.1 Å². The highest BCUT2D eigenvalue weighted by atomic mass is 35.5. The van der Waals surface area contributed by atoms with Crippen molar-refractivity contribution in [3.05, 3.63) is 87.4 Å². The Morgan fingerprint density at radius 1 is 0.979 bits per heavy atom. The molecule has 2 aromatic carbocycles. The van der Waals surface area contributed by atoms with Gasteiger partial charge in [-0.05, 0) is 47.8 Å². The van der Waals surface area contributed by atoms with Crippen molar-refractivity contribution in [3.8, 4) is 5.75 Å². The van der Waals surface area contributed by atoms with Crippen molar-refractivity contribution in [2.75, 3.05) is 13.7 Å². The van der Waals surface area contributed by atoms with Crippen LogP contribution in [0.3, 0.4) is 0 Å². The second-order valence-corrected chi connectivity index (χ2v) is 13.2. The molecule has 0 aliphatic carbocycles. The van der Waals surface area contributed by atoms with Crippen LogP contribution in [0, 0.1) is 17.8 Å². The van der Waals surface area contributed by atoms with Gasteiger partial charge in [-0.15, -0.1) is 0 Å². The second-order valence-electron chi connectivity index (χ2n) is 12.4. The molecule has 0 saturated carbocycles. The van der Waals surface area contributed by atoms with Gasteiger partial charge in [0, 0.05) is 30.9 Å². The molecule has 0 bridgehead atoms. The molecule has 3 unspecified atom stereocenters. The number of hydrogen-bond donors (Lipinski definition) is 1. The van der Waals surface area contributed by atoms with Crippen LogP contribution in [0.4, 0.5) is 0 Å². The van der Waals surface area contributed by atoms with E-state index in [1.54, 1.807) is 25.1 Å². The lowest BCUT2D eigenvalue weighted by Gasteiger charge is -2.26. The molecule has 6 atom stereocenters. The number of cyclic esters (lactones) is 2. The highest BCUT2D eigenvalue weighted by Crippen LogP contribution is 2.45. The van der Waals surface area contributed by atoms with E-state index < -0.39 is 41.8 Å². The molecule has 4 rings (SSSR count). The Morgan fingerprint density at radius 3 is 2.30 bits per heavy atom. The van der Waals surface area contributed by atoms with Gasteiger partial charge >= 0.3 is 11.9 Å². The predicted molar refractivity (Wildman–Crippen MR) is 178 cm³/mol. The zero-order chi connectivity index (χ0) is 34.2. The average Bonchev–Trinajstić information content (AvgIpc) is 3.83. The number of esters is 2. The molecule has 1 N–H and O–H groups in total. The Hall–Kier alpha value is -3.66. The van der Waals surface area contributed by atoms with Crippen LogP contribution in [0.2, 0.25) is 10.0 Å². The molecule has 1 amide bonds. The first-order chi connectivity index (χ1) is 22.4. The van der Waals surface area contributed by atoms with Crippen LogP contribution in [-0.4, -0.2) is 55.6 Å². The van der Waals surface area contributed by atoms with E-state index in [9.17, 15) is 19.2 Å². The average molecular weight is 687 g/mol. The summed E-state index contributed by atoms with van der Waals surface area (Å²) in [6.45, 7) is 7.25. The Kier molecular flexibility index (Phi) is 12.7. The van der Waals surface area contributed by atoms with E-state index in [0.717, 1.165) is 5.56 Å². The first-order valence-corrected chi connectivity index (χ1v) is 16.5. The highest BCUT2D eigenvalue weighted by Gasteiger charge is 2.47. The lowest BCUT2D eigenvalue weighted by Crippen LogP contribution is -2.39.